The van der Waals surface area contributed by atoms with Crippen molar-refractivity contribution >= 4 is 105 Å². The van der Waals surface area contributed by atoms with Crippen molar-refractivity contribution in [1.29, 1.82) is 0 Å². The third-order valence-corrected chi connectivity index (χ3v) is 18.0. The molecule has 4 aromatic carbocycles. The Morgan fingerprint density at radius 3 is 1.91 bits per heavy atom. The van der Waals surface area contributed by atoms with Crippen molar-refractivity contribution in [1.82, 2.24) is 52.1 Å². The summed E-state index contributed by atoms with van der Waals surface area (Å²) in [6, 6.07) is 23.2. The molecular formula is C76H92N12O18. The van der Waals surface area contributed by atoms with Gasteiger partial charge in [0.05, 0.1) is 55.2 Å². The van der Waals surface area contributed by atoms with Crippen LogP contribution in [0.15, 0.2) is 109 Å². The molecule has 5 heterocycles. The molecule has 2 saturated heterocycles. The quantitative estimate of drug-likeness (QED) is 0.0206. The van der Waals surface area contributed by atoms with Gasteiger partial charge >= 0.3 is 23.9 Å². The lowest BCUT2D eigenvalue weighted by Crippen LogP contribution is -2.61. The summed E-state index contributed by atoms with van der Waals surface area (Å²) in [5.41, 5.74) is 7.15. The first-order valence-electron chi connectivity index (χ1n) is 34.7. The predicted molar refractivity (Wildman–Crippen MR) is 392 cm³/mol. The van der Waals surface area contributed by atoms with E-state index in [2.05, 4.69) is 36.9 Å². The predicted octanol–water partition coefficient (Wildman–Crippen LogP) is 8.70. The number of fused-ring (bicyclic) bond motifs is 5. The molecule has 564 valence electrons. The first kappa shape index (κ1) is 82.1. The van der Waals surface area contributed by atoms with Crippen molar-refractivity contribution in [3.8, 4) is 0 Å². The zero-order valence-electron chi connectivity index (χ0n) is 61.7. The van der Waals surface area contributed by atoms with Crippen LogP contribution in [0.4, 0.5) is 11.4 Å². The summed E-state index contributed by atoms with van der Waals surface area (Å²) in [4.78, 5) is 157. The van der Waals surface area contributed by atoms with Gasteiger partial charge in [0.1, 0.15) is 41.4 Å². The number of aromatic nitrogens is 2. The van der Waals surface area contributed by atoms with Crippen molar-refractivity contribution in [2.75, 3.05) is 13.1 Å². The molecule has 8 atom stereocenters. The molecule has 0 spiro atoms. The van der Waals surface area contributed by atoms with Gasteiger partial charge in [0.25, 0.3) is 29.1 Å². The number of aliphatic carboxylic acids is 1. The van der Waals surface area contributed by atoms with E-state index in [1.165, 1.54) is 48.1 Å². The van der Waals surface area contributed by atoms with Crippen LogP contribution in [-0.2, 0) is 47.8 Å². The fourth-order valence-corrected chi connectivity index (χ4v) is 11.4. The second kappa shape index (κ2) is 35.5. The number of esters is 3. The monoisotopic (exact) mass is 1460 g/mol. The highest BCUT2D eigenvalue weighted by Crippen LogP contribution is 2.30. The minimum atomic E-state index is -1.24. The summed E-state index contributed by atoms with van der Waals surface area (Å²) in [6.07, 6.45) is 6.98. The number of ether oxygens (including phenoxy) is 2. The number of nitrogens with one attached hydrogen (secondary N) is 6. The number of aliphatic hydroxyl groups is 1. The van der Waals surface area contributed by atoms with Crippen LogP contribution in [0, 0.1) is 56.7 Å². The molecule has 2 aromatic heterocycles. The molecule has 30 heteroatoms. The van der Waals surface area contributed by atoms with Gasteiger partial charge < -0.3 is 41.0 Å². The molecule has 6 amide bonds. The van der Waals surface area contributed by atoms with E-state index in [9.17, 15) is 78.4 Å². The van der Waals surface area contributed by atoms with Crippen molar-refractivity contribution in [3.05, 3.63) is 174 Å². The van der Waals surface area contributed by atoms with Gasteiger partial charge in [0.2, 0.25) is 17.7 Å². The Bertz CT molecular complexity index is 4360. The summed E-state index contributed by atoms with van der Waals surface area (Å²) in [7, 11) is 0. The highest BCUT2D eigenvalue weighted by Gasteiger charge is 2.38. The maximum Gasteiger partial charge on any atom is 0.353 e. The van der Waals surface area contributed by atoms with E-state index in [0.29, 0.717) is 55.7 Å². The van der Waals surface area contributed by atoms with Gasteiger partial charge in [-0.3, -0.25) is 78.6 Å². The van der Waals surface area contributed by atoms with E-state index < -0.39 is 116 Å². The first-order valence-corrected chi connectivity index (χ1v) is 34.7. The van der Waals surface area contributed by atoms with Gasteiger partial charge in [0, 0.05) is 36.0 Å². The topological polar surface area (TPSA) is 420 Å². The molecule has 6 aromatic rings. The molecule has 3 aliphatic rings. The maximum atomic E-state index is 13.2. The zero-order valence-corrected chi connectivity index (χ0v) is 61.7. The number of hydrazine groups is 2. The van der Waals surface area contributed by atoms with Crippen LogP contribution in [0.2, 0.25) is 0 Å². The smallest absolute Gasteiger partial charge is 0.353 e. The first-order chi connectivity index (χ1) is 49.8. The van der Waals surface area contributed by atoms with E-state index in [0.717, 1.165) is 39.5 Å². The number of carboxylic acid groups (broad SMARTS) is 1. The third kappa shape index (κ3) is 21.0. The number of carbonyl (C=O) groups is 10. The highest BCUT2D eigenvalue weighted by molar-refractivity contribution is 6.07. The minimum Gasteiger partial charge on any atom is -0.481 e. The summed E-state index contributed by atoms with van der Waals surface area (Å²) in [6.45, 7) is 24.2. The largest absolute Gasteiger partial charge is 0.481 e. The number of rotatable bonds is 15. The fourth-order valence-electron chi connectivity index (χ4n) is 11.4. The van der Waals surface area contributed by atoms with E-state index >= 15 is 0 Å². The molecule has 0 saturated carbocycles. The SMILES string of the molecule is CC(C)[C@@H]1OC(=O)C(C)(C)/C=C/c2ccc3ccc(nc3c2)[C@@H](C)NC(=O)[C@@H]2CCCN(N2)C(=O)[C@H](C)NC1=O.CC(C)[C@H](O)C(=O)N[C@@H](C)C(=O)N1CCC[C@@H](C(=O)N[C@H](C)c2ccc3ccc(/C=C/C(C)(C)C(=O)O)cc3n2)N1.Cc1cccc([N+](=O)[O-])c1C(=O)OC(=O)c1c(C)cccc1[N+](=O)[O-]. The third-order valence-electron chi connectivity index (χ3n) is 18.0. The second-order valence-corrected chi connectivity index (χ2v) is 28.2. The molecule has 9 rings (SSSR count). The number of benzene rings is 4. The summed E-state index contributed by atoms with van der Waals surface area (Å²) >= 11 is 0. The van der Waals surface area contributed by atoms with Crippen molar-refractivity contribution < 1.29 is 77.5 Å². The number of cyclic esters (lactones) is 1. The average Bonchev–Trinajstić information content (AvgIpc) is 0.894. The summed E-state index contributed by atoms with van der Waals surface area (Å²) in [5, 5.41) is 57.2. The number of pyridine rings is 2. The van der Waals surface area contributed by atoms with E-state index in [-0.39, 0.29) is 57.9 Å². The minimum absolute atomic E-state index is 0.236. The number of carboxylic acids is 1. The Hall–Kier alpha value is -11.2. The van der Waals surface area contributed by atoms with Crippen LogP contribution in [0.3, 0.4) is 0 Å². The number of aryl methyl sites for hydroxylation is 2. The Balaban J connectivity index is 0.000000229. The molecular weight excluding hydrogens is 1370 g/mol. The lowest BCUT2D eigenvalue weighted by atomic mass is 9.92. The van der Waals surface area contributed by atoms with Crippen molar-refractivity contribution in [2.45, 2.75) is 171 Å². The van der Waals surface area contributed by atoms with Gasteiger partial charge in [-0.2, -0.15) is 0 Å². The molecule has 0 aliphatic carbocycles. The van der Waals surface area contributed by atoms with Gasteiger partial charge in [-0.15, -0.1) is 0 Å². The number of hydrogen-bond donors (Lipinski definition) is 8. The number of nitro groups is 2. The number of hydrogen-bond acceptors (Lipinski definition) is 21. The maximum absolute atomic E-state index is 13.2. The van der Waals surface area contributed by atoms with E-state index in [4.69, 9.17) is 14.7 Å². The second-order valence-electron chi connectivity index (χ2n) is 28.2. The van der Waals surface area contributed by atoms with Crippen molar-refractivity contribution in [3.63, 3.8) is 0 Å². The lowest BCUT2D eigenvalue weighted by molar-refractivity contribution is -0.385. The van der Waals surface area contributed by atoms with Crippen molar-refractivity contribution in [2.24, 2.45) is 22.7 Å². The Kier molecular flexibility index (Phi) is 27.5. The van der Waals surface area contributed by atoms with E-state index in [1.807, 2.05) is 80.6 Å². The Morgan fingerprint density at radius 1 is 0.736 bits per heavy atom. The number of nitrogens with zero attached hydrogens (tertiary/aromatic N) is 6. The molecule has 0 unspecified atom stereocenters. The number of nitro benzene ring substituents is 2. The normalized spacial score (nSPS) is 19.7. The highest BCUT2D eigenvalue weighted by atomic mass is 16.6. The number of carbonyl (C=O) groups excluding carboxylic acids is 9. The number of aliphatic hydroxyl groups excluding tert-OH is 1. The molecule has 106 heavy (non-hydrogen) atoms. The molecule has 0 radical (unpaired) electrons. The molecule has 2 fully saturated rings. The average molecular weight is 1460 g/mol. The Labute approximate surface area is 612 Å². The van der Waals surface area contributed by atoms with Crippen LogP contribution >= 0.6 is 0 Å². The molecule has 30 nitrogen and oxygen atoms in total. The van der Waals surface area contributed by atoms with Gasteiger partial charge in [-0.1, -0.05) is 113 Å². The fraction of sp³-hybridized carbons (Fsp3) is 0.421. The van der Waals surface area contributed by atoms with Gasteiger partial charge in [0.15, 0.2) is 6.10 Å². The summed E-state index contributed by atoms with van der Waals surface area (Å²) < 4.78 is 10.4. The molecule has 5 bridgehead atoms. The van der Waals surface area contributed by atoms with Crippen LogP contribution in [0.5, 0.6) is 0 Å². The summed E-state index contributed by atoms with van der Waals surface area (Å²) in [5.74, 6) is -7.02. The van der Waals surface area contributed by atoms with Crippen LogP contribution in [0.1, 0.15) is 175 Å². The van der Waals surface area contributed by atoms with Crippen LogP contribution in [0.25, 0.3) is 34.0 Å². The van der Waals surface area contributed by atoms with Gasteiger partial charge in [-0.25, -0.2) is 20.4 Å². The number of amides is 6. The zero-order chi connectivity index (χ0) is 78.4. The standard InChI is InChI=1S/C30H41N5O6.C30H39N5O5.C16H12N2O7/c1-17(2)25(36)27(38)32-19(4)28(39)35-15-7-8-23(34-35)26(37)31-18(3)22-12-11-21-10-9-20(16-24(21)33-22)13-14-30(5,6)29(40)41;1-17(2)25-27(37)32-19(4)28(38)35-15-7-8-23(34-35)26(36)31-18(3)22-12-11-21-10-9-20(16-24(21)33-22)13-14-30(5,6)29(39)40-25;1-9-5-3-7-11(17(21)22)13(9)15(19)25-16(20)14-10(2)6-4-8-12(14)18(23)24/h9-14,16-19,23,25,34,36H,7-8,15H2,1-6H3,(H,31,37)(H,32,38)(H,40,41);9-14,16-19,23,25,34H,7-8,15H2,1-6H3,(H,31,36)(H,32,37);3-8H,1-2H3/b2*14-13+;/t2*18-,19+,23+,25+;/m11./s1. The Morgan fingerprint density at radius 2 is 1.31 bits per heavy atom. The molecule has 8 N–H and O–H groups in total. The lowest BCUT2D eigenvalue weighted by Gasteiger charge is -2.35. The van der Waals surface area contributed by atoms with Crippen LogP contribution in [-0.4, -0.2) is 149 Å². The molecule has 3 aliphatic heterocycles. The van der Waals surface area contributed by atoms with E-state index in [1.54, 1.807) is 87.5 Å². The van der Waals surface area contributed by atoms with Gasteiger partial charge in [-0.05, 0) is 153 Å². The van der Waals surface area contributed by atoms with Crippen LogP contribution < -0.4 is 32.1 Å².